The Balaban J connectivity index is 1.75. The van der Waals surface area contributed by atoms with Crippen LogP contribution >= 0.6 is 0 Å². The number of benzene rings is 2. The molecule has 33 heavy (non-hydrogen) atoms. The lowest BCUT2D eigenvalue weighted by Crippen LogP contribution is -2.42. The first-order valence-corrected chi connectivity index (χ1v) is 11.1. The van der Waals surface area contributed by atoms with Gasteiger partial charge in [0.25, 0.3) is 0 Å². The average molecular weight is 450 g/mol. The third-order valence-corrected chi connectivity index (χ3v) is 6.49. The first kappa shape index (κ1) is 22.9. The predicted octanol–water partition coefficient (Wildman–Crippen LogP) is 3.84. The lowest BCUT2D eigenvalue weighted by molar-refractivity contribution is -0.129. The minimum atomic E-state index is -0.337. The molecular formula is C26H31N3O4. The van der Waals surface area contributed by atoms with Crippen LogP contribution in [0.25, 0.3) is 10.9 Å². The maximum atomic E-state index is 11.8. The molecule has 0 N–H and O–H groups in total. The topological polar surface area (TPSA) is 64.0 Å². The Morgan fingerprint density at radius 3 is 2.48 bits per heavy atom. The summed E-state index contributed by atoms with van der Waals surface area (Å²) in [5, 5.41) is 1.21. The first-order chi connectivity index (χ1) is 15.8. The molecule has 3 aromatic rings. The molecule has 0 spiro atoms. The lowest BCUT2D eigenvalue weighted by atomic mass is 9.93. The molecule has 7 heteroatoms. The van der Waals surface area contributed by atoms with Crippen molar-refractivity contribution in [2.75, 3.05) is 34.5 Å². The zero-order valence-electron chi connectivity index (χ0n) is 19.9. The third-order valence-electron chi connectivity index (χ3n) is 6.49. The molecule has 7 nitrogen and oxygen atoms in total. The van der Waals surface area contributed by atoms with Crippen LogP contribution in [0.3, 0.4) is 0 Å². The number of fused-ring (bicyclic) bond motifs is 3. The van der Waals surface area contributed by atoms with Gasteiger partial charge in [0.05, 0.1) is 26.5 Å². The highest BCUT2D eigenvalue weighted by Crippen LogP contribution is 2.38. The number of hydrogen-bond donors (Lipinski definition) is 0. The SMILES string of the molecule is COC(=O)c1ccc(Cn2c3c(c4cc(OC)ccc42)C(C)CN(CN(C)C(C)=O)C3)cc1. The average Bonchev–Trinajstić information content (AvgIpc) is 3.11. The molecule has 1 aromatic heterocycles. The van der Waals surface area contributed by atoms with Gasteiger partial charge in [0.2, 0.25) is 5.91 Å². The molecule has 0 radical (unpaired) electrons. The maximum absolute atomic E-state index is 11.8. The van der Waals surface area contributed by atoms with Gasteiger partial charge in [0.15, 0.2) is 0 Å². The molecule has 1 aliphatic rings. The Morgan fingerprint density at radius 2 is 1.85 bits per heavy atom. The zero-order valence-corrected chi connectivity index (χ0v) is 19.9. The molecule has 1 amide bonds. The van der Waals surface area contributed by atoms with E-state index < -0.39 is 0 Å². The van der Waals surface area contributed by atoms with Crippen molar-refractivity contribution in [1.29, 1.82) is 0 Å². The minimum absolute atomic E-state index is 0.0597. The van der Waals surface area contributed by atoms with E-state index in [0.29, 0.717) is 24.7 Å². The minimum Gasteiger partial charge on any atom is -0.497 e. The van der Waals surface area contributed by atoms with Gasteiger partial charge in [-0.3, -0.25) is 9.69 Å². The molecule has 2 heterocycles. The number of esters is 1. The van der Waals surface area contributed by atoms with Crippen LogP contribution in [0, 0.1) is 0 Å². The van der Waals surface area contributed by atoms with Gasteiger partial charge >= 0.3 is 5.97 Å². The molecule has 1 aliphatic heterocycles. The van der Waals surface area contributed by atoms with Crippen molar-refractivity contribution in [2.45, 2.75) is 32.9 Å². The number of carbonyl (C=O) groups excluding carboxylic acids is 2. The van der Waals surface area contributed by atoms with E-state index >= 15 is 0 Å². The molecule has 4 rings (SSSR count). The molecular weight excluding hydrogens is 418 g/mol. The molecule has 1 atom stereocenters. The Kier molecular flexibility index (Phi) is 6.42. The van der Waals surface area contributed by atoms with Gasteiger partial charge in [-0.2, -0.15) is 0 Å². The fourth-order valence-electron chi connectivity index (χ4n) is 4.75. The highest BCUT2D eigenvalue weighted by atomic mass is 16.5. The number of aromatic nitrogens is 1. The van der Waals surface area contributed by atoms with Crippen molar-refractivity contribution in [3.63, 3.8) is 0 Å². The van der Waals surface area contributed by atoms with E-state index in [2.05, 4.69) is 28.5 Å². The van der Waals surface area contributed by atoms with Crippen molar-refractivity contribution in [2.24, 2.45) is 0 Å². The molecule has 0 saturated heterocycles. The van der Waals surface area contributed by atoms with E-state index in [1.54, 1.807) is 31.1 Å². The number of amides is 1. The smallest absolute Gasteiger partial charge is 0.337 e. The maximum Gasteiger partial charge on any atom is 0.337 e. The van der Waals surface area contributed by atoms with Crippen molar-refractivity contribution < 1.29 is 19.1 Å². The van der Waals surface area contributed by atoms with E-state index in [1.165, 1.54) is 23.8 Å². The Labute approximate surface area is 194 Å². The normalized spacial score (nSPS) is 15.8. The van der Waals surface area contributed by atoms with Crippen LogP contribution in [0.2, 0.25) is 0 Å². The van der Waals surface area contributed by atoms with Gasteiger partial charge in [-0.15, -0.1) is 0 Å². The highest BCUT2D eigenvalue weighted by molar-refractivity contribution is 5.89. The second kappa shape index (κ2) is 9.27. The molecule has 0 fully saturated rings. The van der Waals surface area contributed by atoms with E-state index in [4.69, 9.17) is 9.47 Å². The molecule has 174 valence electrons. The first-order valence-electron chi connectivity index (χ1n) is 11.1. The van der Waals surface area contributed by atoms with Gasteiger partial charge in [-0.25, -0.2) is 4.79 Å². The summed E-state index contributed by atoms with van der Waals surface area (Å²) >= 11 is 0. The van der Waals surface area contributed by atoms with Crippen molar-refractivity contribution in [3.8, 4) is 5.75 Å². The second-order valence-corrected chi connectivity index (χ2v) is 8.79. The lowest BCUT2D eigenvalue weighted by Gasteiger charge is -2.34. The predicted molar refractivity (Wildman–Crippen MR) is 128 cm³/mol. The van der Waals surface area contributed by atoms with E-state index in [-0.39, 0.29) is 11.9 Å². The van der Waals surface area contributed by atoms with Crippen LogP contribution < -0.4 is 4.74 Å². The summed E-state index contributed by atoms with van der Waals surface area (Å²) in [6, 6.07) is 13.8. The summed E-state index contributed by atoms with van der Waals surface area (Å²) in [6.07, 6.45) is 0. The summed E-state index contributed by atoms with van der Waals surface area (Å²) in [7, 11) is 4.92. The quantitative estimate of drug-likeness (QED) is 0.535. The van der Waals surface area contributed by atoms with Crippen LogP contribution in [-0.4, -0.2) is 60.7 Å². The van der Waals surface area contributed by atoms with Crippen molar-refractivity contribution >= 4 is 22.8 Å². The van der Waals surface area contributed by atoms with Crippen LogP contribution in [0.4, 0.5) is 0 Å². The molecule has 0 bridgehead atoms. The van der Waals surface area contributed by atoms with E-state index in [0.717, 1.165) is 29.9 Å². The summed E-state index contributed by atoms with van der Waals surface area (Å²) in [4.78, 5) is 27.7. The fourth-order valence-corrected chi connectivity index (χ4v) is 4.75. The zero-order chi connectivity index (χ0) is 23.7. The Morgan fingerprint density at radius 1 is 1.12 bits per heavy atom. The number of methoxy groups -OCH3 is 2. The number of hydrogen-bond acceptors (Lipinski definition) is 5. The summed E-state index contributed by atoms with van der Waals surface area (Å²) in [6.45, 7) is 6.76. The monoisotopic (exact) mass is 449 g/mol. The molecule has 1 unspecified atom stereocenters. The summed E-state index contributed by atoms with van der Waals surface area (Å²) < 4.78 is 12.7. The number of rotatable bonds is 6. The van der Waals surface area contributed by atoms with E-state index in [1.807, 2.05) is 25.2 Å². The Bertz CT molecular complexity index is 1180. The molecule has 0 saturated carbocycles. The highest BCUT2D eigenvalue weighted by Gasteiger charge is 2.30. The Hall–Kier alpha value is -3.32. The van der Waals surface area contributed by atoms with Gasteiger partial charge in [-0.1, -0.05) is 19.1 Å². The number of nitrogens with zero attached hydrogens (tertiary/aromatic N) is 3. The number of carbonyl (C=O) groups is 2. The van der Waals surface area contributed by atoms with Crippen LogP contribution in [0.1, 0.15) is 46.9 Å². The summed E-state index contributed by atoms with van der Waals surface area (Å²) in [5.74, 6) is 0.878. The second-order valence-electron chi connectivity index (χ2n) is 8.79. The largest absolute Gasteiger partial charge is 0.497 e. The number of ether oxygens (including phenoxy) is 2. The van der Waals surface area contributed by atoms with E-state index in [9.17, 15) is 9.59 Å². The van der Waals surface area contributed by atoms with Gasteiger partial charge < -0.3 is 18.9 Å². The molecule has 2 aromatic carbocycles. The van der Waals surface area contributed by atoms with Crippen LogP contribution in [0.15, 0.2) is 42.5 Å². The van der Waals surface area contributed by atoms with Gasteiger partial charge in [0.1, 0.15) is 5.75 Å². The van der Waals surface area contributed by atoms with Crippen LogP contribution in [0.5, 0.6) is 5.75 Å². The fraction of sp³-hybridized carbons (Fsp3) is 0.385. The third kappa shape index (κ3) is 4.46. The van der Waals surface area contributed by atoms with Gasteiger partial charge in [0, 0.05) is 50.2 Å². The van der Waals surface area contributed by atoms with Crippen molar-refractivity contribution in [3.05, 3.63) is 64.8 Å². The van der Waals surface area contributed by atoms with Crippen LogP contribution in [-0.2, 0) is 22.6 Å². The van der Waals surface area contributed by atoms with Crippen molar-refractivity contribution in [1.82, 2.24) is 14.4 Å². The summed E-state index contributed by atoms with van der Waals surface area (Å²) in [5.41, 5.74) is 5.40. The van der Waals surface area contributed by atoms with Gasteiger partial charge in [-0.05, 0) is 47.4 Å². The standard InChI is InChI=1S/C26H31N3O4/c1-17-13-28(16-27(3)18(2)30)15-24-25(17)22-12-21(32-4)10-11-23(22)29(24)14-19-6-8-20(9-7-19)26(31)33-5/h6-12,17H,13-16H2,1-5H3. The molecule has 0 aliphatic carbocycles.